The lowest BCUT2D eigenvalue weighted by Gasteiger charge is -2.26. The van der Waals surface area contributed by atoms with Gasteiger partial charge < -0.3 is 15.4 Å². The Morgan fingerprint density at radius 1 is 1.44 bits per heavy atom. The summed E-state index contributed by atoms with van der Waals surface area (Å²) < 4.78 is 6.16. The summed E-state index contributed by atoms with van der Waals surface area (Å²) in [5, 5.41) is 0. The van der Waals surface area contributed by atoms with Gasteiger partial charge >= 0.3 is 0 Å². The molecule has 1 saturated heterocycles. The van der Waals surface area contributed by atoms with E-state index < -0.39 is 5.91 Å². The van der Waals surface area contributed by atoms with Crippen LogP contribution < -0.4 is 10.6 Å². The molecule has 94 valence electrons. The van der Waals surface area contributed by atoms with Gasteiger partial charge in [-0.2, -0.15) is 0 Å². The number of nitrogens with zero attached hydrogens (tertiary/aromatic N) is 3. The van der Waals surface area contributed by atoms with E-state index in [1.165, 1.54) is 11.3 Å². The molecular weight excluding hydrogens is 252 g/mol. The second-order valence-corrected chi connectivity index (χ2v) is 5.08. The van der Waals surface area contributed by atoms with Crippen LogP contribution in [-0.2, 0) is 4.74 Å². The maximum atomic E-state index is 11.1. The first-order chi connectivity index (χ1) is 8.74. The molecule has 0 unspecified atom stereocenters. The van der Waals surface area contributed by atoms with Crippen molar-refractivity contribution in [2.75, 3.05) is 31.2 Å². The van der Waals surface area contributed by atoms with Crippen LogP contribution in [-0.4, -0.2) is 42.2 Å². The number of morpholine rings is 1. The third-order valence-corrected chi connectivity index (χ3v) is 3.87. The van der Waals surface area contributed by atoms with E-state index in [1.54, 1.807) is 12.3 Å². The highest BCUT2D eigenvalue weighted by Crippen LogP contribution is 2.24. The fraction of sp³-hybridized carbons (Fsp3) is 0.364. The van der Waals surface area contributed by atoms with Gasteiger partial charge in [0.25, 0.3) is 5.91 Å². The van der Waals surface area contributed by atoms with Crippen LogP contribution in [0.4, 0.5) is 5.95 Å². The molecule has 1 aliphatic rings. The maximum Gasteiger partial charge on any atom is 0.258 e. The zero-order chi connectivity index (χ0) is 12.5. The number of primary amides is 1. The highest BCUT2D eigenvalue weighted by atomic mass is 32.1. The number of carbonyl (C=O) groups is 1. The van der Waals surface area contributed by atoms with Crippen LogP contribution in [0.25, 0.3) is 10.2 Å². The number of amides is 1. The molecular formula is C11H12N4O2S. The maximum absolute atomic E-state index is 11.1. The molecule has 18 heavy (non-hydrogen) atoms. The largest absolute Gasteiger partial charge is 0.378 e. The molecule has 0 aliphatic carbocycles. The first-order valence-electron chi connectivity index (χ1n) is 5.63. The first-order valence-corrected chi connectivity index (χ1v) is 6.45. The molecule has 0 bridgehead atoms. The van der Waals surface area contributed by atoms with E-state index in [9.17, 15) is 4.79 Å². The van der Waals surface area contributed by atoms with Gasteiger partial charge in [0.15, 0.2) is 0 Å². The van der Waals surface area contributed by atoms with E-state index >= 15 is 0 Å². The van der Waals surface area contributed by atoms with Crippen molar-refractivity contribution in [3.63, 3.8) is 0 Å². The molecule has 1 amide bonds. The lowest BCUT2D eigenvalue weighted by Crippen LogP contribution is -2.37. The number of aromatic nitrogens is 2. The molecule has 2 aromatic rings. The van der Waals surface area contributed by atoms with E-state index in [-0.39, 0.29) is 0 Å². The van der Waals surface area contributed by atoms with Gasteiger partial charge in [-0.15, -0.1) is 11.3 Å². The summed E-state index contributed by atoms with van der Waals surface area (Å²) in [6.45, 7) is 2.96. The fourth-order valence-electron chi connectivity index (χ4n) is 1.87. The van der Waals surface area contributed by atoms with Crippen molar-refractivity contribution < 1.29 is 9.53 Å². The minimum atomic E-state index is -0.425. The Morgan fingerprint density at radius 3 is 2.94 bits per heavy atom. The zero-order valence-corrected chi connectivity index (χ0v) is 10.4. The summed E-state index contributed by atoms with van der Waals surface area (Å²) in [7, 11) is 0. The lowest BCUT2D eigenvalue weighted by molar-refractivity contribution is 0.100. The van der Waals surface area contributed by atoms with Crippen molar-refractivity contribution in [3.8, 4) is 0 Å². The summed E-state index contributed by atoms with van der Waals surface area (Å²) in [5.74, 6) is 0.255. The molecule has 2 aromatic heterocycles. The molecule has 1 fully saturated rings. The number of nitrogens with two attached hydrogens (primary N) is 1. The van der Waals surface area contributed by atoms with E-state index in [0.717, 1.165) is 23.3 Å². The third kappa shape index (κ3) is 2.02. The van der Waals surface area contributed by atoms with Gasteiger partial charge in [-0.05, 0) is 6.07 Å². The Labute approximate surface area is 107 Å². The monoisotopic (exact) mass is 264 g/mol. The lowest BCUT2D eigenvalue weighted by atomic mass is 10.4. The van der Waals surface area contributed by atoms with Gasteiger partial charge in [0.1, 0.15) is 0 Å². The second kappa shape index (κ2) is 4.51. The molecule has 6 nitrogen and oxygen atoms in total. The number of anilines is 1. The molecule has 1 aliphatic heterocycles. The van der Waals surface area contributed by atoms with Crippen molar-refractivity contribution >= 4 is 33.4 Å². The summed E-state index contributed by atoms with van der Waals surface area (Å²) in [5.41, 5.74) is 6.02. The van der Waals surface area contributed by atoms with Gasteiger partial charge in [-0.3, -0.25) is 4.79 Å². The Kier molecular flexibility index (Phi) is 2.85. The second-order valence-electron chi connectivity index (χ2n) is 3.99. The summed E-state index contributed by atoms with van der Waals surface area (Å²) >= 11 is 1.32. The van der Waals surface area contributed by atoms with E-state index in [0.29, 0.717) is 24.0 Å². The highest BCUT2D eigenvalue weighted by Gasteiger charge is 2.15. The van der Waals surface area contributed by atoms with Crippen molar-refractivity contribution in [1.82, 2.24) is 9.97 Å². The van der Waals surface area contributed by atoms with Crippen LogP contribution in [0.3, 0.4) is 0 Å². The summed E-state index contributed by atoms with van der Waals surface area (Å²) in [4.78, 5) is 22.5. The Balaban J connectivity index is 1.96. The number of hydrogen-bond donors (Lipinski definition) is 1. The highest BCUT2D eigenvalue weighted by molar-refractivity contribution is 7.20. The van der Waals surface area contributed by atoms with Crippen LogP contribution in [0, 0.1) is 0 Å². The molecule has 0 spiro atoms. The Hall–Kier alpha value is -1.73. The normalized spacial score (nSPS) is 16.1. The van der Waals surface area contributed by atoms with Crippen molar-refractivity contribution in [2.45, 2.75) is 0 Å². The minimum absolute atomic E-state index is 0.425. The van der Waals surface area contributed by atoms with Gasteiger partial charge in [0.05, 0.1) is 34.5 Å². The Morgan fingerprint density at radius 2 is 2.22 bits per heavy atom. The first kappa shape index (κ1) is 11.4. The van der Waals surface area contributed by atoms with Gasteiger partial charge in [0, 0.05) is 13.1 Å². The fourth-order valence-corrected chi connectivity index (χ4v) is 2.69. The van der Waals surface area contributed by atoms with Crippen LogP contribution in [0.15, 0.2) is 12.3 Å². The number of carbonyl (C=O) groups excluding carboxylic acids is 1. The summed E-state index contributed by atoms with van der Waals surface area (Å²) in [6, 6.07) is 1.72. The van der Waals surface area contributed by atoms with E-state index in [4.69, 9.17) is 10.5 Å². The third-order valence-electron chi connectivity index (χ3n) is 2.79. The number of fused-ring (bicyclic) bond motifs is 1. The standard InChI is InChI=1S/C11H12N4O2S/c12-10(16)8-5-7-9(18-8)6-13-11(14-7)15-1-3-17-4-2-15/h5-6H,1-4H2,(H2,12,16). The Bertz CT molecular complexity index is 592. The van der Waals surface area contributed by atoms with Crippen molar-refractivity contribution in [3.05, 3.63) is 17.1 Å². The summed E-state index contributed by atoms with van der Waals surface area (Å²) in [6.07, 6.45) is 1.74. The minimum Gasteiger partial charge on any atom is -0.378 e. The molecule has 2 N–H and O–H groups in total. The topological polar surface area (TPSA) is 81.3 Å². The molecule has 7 heteroatoms. The van der Waals surface area contributed by atoms with Crippen LogP contribution >= 0.6 is 11.3 Å². The van der Waals surface area contributed by atoms with Crippen LogP contribution in [0.2, 0.25) is 0 Å². The quantitative estimate of drug-likeness (QED) is 0.860. The average molecular weight is 264 g/mol. The van der Waals surface area contributed by atoms with E-state index in [2.05, 4.69) is 14.9 Å². The van der Waals surface area contributed by atoms with Gasteiger partial charge in [-0.25, -0.2) is 9.97 Å². The predicted octanol–water partition coefficient (Wildman–Crippen LogP) is 0.627. The van der Waals surface area contributed by atoms with Crippen LogP contribution in [0.1, 0.15) is 9.67 Å². The molecule has 3 rings (SSSR count). The van der Waals surface area contributed by atoms with Gasteiger partial charge in [0.2, 0.25) is 5.95 Å². The molecule has 0 radical (unpaired) electrons. The smallest absolute Gasteiger partial charge is 0.258 e. The molecule has 0 saturated carbocycles. The van der Waals surface area contributed by atoms with Gasteiger partial charge in [-0.1, -0.05) is 0 Å². The number of thiophene rings is 1. The van der Waals surface area contributed by atoms with Crippen molar-refractivity contribution in [1.29, 1.82) is 0 Å². The number of rotatable bonds is 2. The predicted molar refractivity (Wildman–Crippen MR) is 69.0 cm³/mol. The van der Waals surface area contributed by atoms with Crippen molar-refractivity contribution in [2.24, 2.45) is 5.73 Å². The SMILES string of the molecule is NC(=O)c1cc2nc(N3CCOCC3)ncc2s1. The average Bonchev–Trinajstić information content (AvgIpc) is 2.82. The number of ether oxygens (including phenoxy) is 1. The number of hydrogen-bond acceptors (Lipinski definition) is 6. The zero-order valence-electron chi connectivity index (χ0n) is 9.63. The van der Waals surface area contributed by atoms with Crippen LogP contribution in [0.5, 0.6) is 0 Å². The molecule has 0 atom stereocenters. The molecule has 0 aromatic carbocycles. The van der Waals surface area contributed by atoms with E-state index in [1.807, 2.05) is 0 Å². The molecule has 3 heterocycles.